The van der Waals surface area contributed by atoms with Gasteiger partial charge >= 0.3 is 0 Å². The first-order valence-electron chi connectivity index (χ1n) is 8.32. The van der Waals surface area contributed by atoms with Crippen molar-refractivity contribution in [2.24, 2.45) is 11.8 Å². The van der Waals surface area contributed by atoms with Crippen LogP contribution in [0.4, 0.5) is 0 Å². The van der Waals surface area contributed by atoms with E-state index in [0.29, 0.717) is 6.04 Å². The molecule has 1 aromatic carbocycles. The second-order valence-corrected chi connectivity index (χ2v) is 6.85. The number of benzene rings is 1. The molecular formula is C19H27NO. The molecule has 0 aliphatic heterocycles. The molecule has 2 aromatic rings. The number of para-hydroxylation sites is 1. The summed E-state index contributed by atoms with van der Waals surface area (Å²) in [6, 6.07) is 9.21. The second kappa shape index (κ2) is 5.84. The van der Waals surface area contributed by atoms with Crippen molar-refractivity contribution in [2.45, 2.75) is 59.0 Å². The van der Waals surface area contributed by atoms with E-state index in [1.165, 1.54) is 30.2 Å². The van der Waals surface area contributed by atoms with Gasteiger partial charge < -0.3 is 9.73 Å². The number of hydrogen-bond acceptors (Lipinski definition) is 2. The summed E-state index contributed by atoms with van der Waals surface area (Å²) in [6.45, 7) is 9.18. The Morgan fingerprint density at radius 3 is 2.71 bits per heavy atom. The summed E-state index contributed by atoms with van der Waals surface area (Å²) in [4.78, 5) is 0. The molecule has 1 aliphatic rings. The van der Waals surface area contributed by atoms with Crippen molar-refractivity contribution in [3.05, 3.63) is 35.6 Å². The normalized spacial score (nSPS) is 27.9. The van der Waals surface area contributed by atoms with Crippen molar-refractivity contribution >= 4 is 11.0 Å². The van der Waals surface area contributed by atoms with Gasteiger partial charge in [0.05, 0.1) is 6.04 Å². The van der Waals surface area contributed by atoms with Gasteiger partial charge in [0.1, 0.15) is 11.3 Å². The number of furan rings is 1. The molecule has 1 saturated carbocycles. The molecule has 0 amide bonds. The van der Waals surface area contributed by atoms with Gasteiger partial charge in [-0.1, -0.05) is 44.9 Å². The lowest BCUT2D eigenvalue weighted by molar-refractivity contribution is 0.191. The average molecular weight is 285 g/mol. The van der Waals surface area contributed by atoms with Crippen LogP contribution in [-0.4, -0.2) is 6.04 Å². The predicted molar refractivity (Wildman–Crippen MR) is 88.5 cm³/mol. The van der Waals surface area contributed by atoms with Gasteiger partial charge in [-0.3, -0.25) is 0 Å². The van der Waals surface area contributed by atoms with Gasteiger partial charge in [0.25, 0.3) is 0 Å². The van der Waals surface area contributed by atoms with Crippen molar-refractivity contribution in [1.29, 1.82) is 0 Å². The van der Waals surface area contributed by atoms with Crippen LogP contribution in [0.3, 0.4) is 0 Å². The molecule has 1 heterocycles. The fourth-order valence-corrected chi connectivity index (χ4v) is 3.82. The topological polar surface area (TPSA) is 25.2 Å². The lowest BCUT2D eigenvalue weighted by Gasteiger charge is -2.36. The molecule has 2 nitrogen and oxygen atoms in total. The van der Waals surface area contributed by atoms with Gasteiger partial charge in [0.15, 0.2) is 0 Å². The van der Waals surface area contributed by atoms with E-state index in [2.05, 4.69) is 51.2 Å². The Kier molecular flexibility index (Phi) is 4.08. The zero-order valence-corrected chi connectivity index (χ0v) is 13.6. The van der Waals surface area contributed by atoms with E-state index in [4.69, 9.17) is 4.42 Å². The molecule has 4 unspecified atom stereocenters. The number of aryl methyl sites for hydroxylation is 1. The van der Waals surface area contributed by atoms with Crippen molar-refractivity contribution in [2.75, 3.05) is 0 Å². The molecule has 21 heavy (non-hydrogen) atoms. The Labute approximate surface area is 127 Å². The Bertz CT molecular complexity index is 615. The molecule has 4 atom stereocenters. The maximum Gasteiger partial charge on any atom is 0.134 e. The first kappa shape index (κ1) is 14.6. The summed E-state index contributed by atoms with van der Waals surface area (Å²) >= 11 is 0. The molecule has 0 radical (unpaired) electrons. The largest absolute Gasteiger partial charge is 0.459 e. The van der Waals surface area contributed by atoms with Crippen LogP contribution in [0, 0.1) is 18.8 Å². The highest BCUT2D eigenvalue weighted by atomic mass is 16.3. The quantitative estimate of drug-likeness (QED) is 0.836. The SMILES string of the molecule is Cc1c(C(C)NC2CCCC(C)C2C)oc2ccccc12. The van der Waals surface area contributed by atoms with E-state index in [-0.39, 0.29) is 6.04 Å². The van der Waals surface area contributed by atoms with Crippen LogP contribution in [0.5, 0.6) is 0 Å². The van der Waals surface area contributed by atoms with Crippen LogP contribution < -0.4 is 5.32 Å². The second-order valence-electron chi connectivity index (χ2n) is 6.85. The minimum atomic E-state index is 0.273. The minimum Gasteiger partial charge on any atom is -0.459 e. The highest BCUT2D eigenvalue weighted by Crippen LogP contribution is 2.33. The zero-order chi connectivity index (χ0) is 15.0. The average Bonchev–Trinajstić information content (AvgIpc) is 2.82. The van der Waals surface area contributed by atoms with E-state index < -0.39 is 0 Å². The molecule has 1 aromatic heterocycles. The van der Waals surface area contributed by atoms with Crippen LogP contribution in [0.15, 0.2) is 28.7 Å². The molecule has 114 valence electrons. The van der Waals surface area contributed by atoms with Crippen LogP contribution in [0.2, 0.25) is 0 Å². The van der Waals surface area contributed by atoms with E-state index >= 15 is 0 Å². The number of rotatable bonds is 3. The fraction of sp³-hybridized carbons (Fsp3) is 0.579. The summed E-state index contributed by atoms with van der Waals surface area (Å²) in [5, 5.41) is 5.07. The first-order chi connectivity index (χ1) is 10.1. The van der Waals surface area contributed by atoms with Crippen molar-refractivity contribution < 1.29 is 4.42 Å². The van der Waals surface area contributed by atoms with Gasteiger partial charge in [-0.2, -0.15) is 0 Å². The summed E-state index contributed by atoms with van der Waals surface area (Å²) in [7, 11) is 0. The molecule has 2 heteroatoms. The maximum absolute atomic E-state index is 6.10. The van der Waals surface area contributed by atoms with Crippen LogP contribution in [0.1, 0.15) is 57.4 Å². The summed E-state index contributed by atoms with van der Waals surface area (Å²) < 4.78 is 6.10. The van der Waals surface area contributed by atoms with E-state index in [1.807, 2.05) is 6.07 Å². The Morgan fingerprint density at radius 2 is 1.95 bits per heavy atom. The monoisotopic (exact) mass is 285 g/mol. The van der Waals surface area contributed by atoms with Crippen molar-refractivity contribution in [3.63, 3.8) is 0 Å². The first-order valence-corrected chi connectivity index (χ1v) is 8.32. The van der Waals surface area contributed by atoms with Gasteiger partial charge in [0, 0.05) is 11.4 Å². The molecule has 0 saturated heterocycles. The predicted octanol–water partition coefficient (Wildman–Crippen LogP) is 5.22. The van der Waals surface area contributed by atoms with E-state index in [0.717, 1.165) is 23.2 Å². The molecule has 0 bridgehead atoms. The Hall–Kier alpha value is -1.28. The maximum atomic E-state index is 6.10. The summed E-state index contributed by atoms with van der Waals surface area (Å²) in [5.41, 5.74) is 2.28. The van der Waals surface area contributed by atoms with Gasteiger partial charge in [-0.25, -0.2) is 0 Å². The van der Waals surface area contributed by atoms with Crippen molar-refractivity contribution in [3.8, 4) is 0 Å². The van der Waals surface area contributed by atoms with Crippen LogP contribution in [0.25, 0.3) is 11.0 Å². The number of nitrogens with one attached hydrogen (secondary N) is 1. The van der Waals surface area contributed by atoms with Gasteiger partial charge in [0.2, 0.25) is 0 Å². The number of hydrogen-bond donors (Lipinski definition) is 1. The Morgan fingerprint density at radius 1 is 1.19 bits per heavy atom. The lowest BCUT2D eigenvalue weighted by atomic mass is 9.78. The third kappa shape index (κ3) is 2.74. The molecule has 1 N–H and O–H groups in total. The van der Waals surface area contributed by atoms with E-state index in [1.54, 1.807) is 0 Å². The zero-order valence-electron chi connectivity index (χ0n) is 13.6. The molecule has 0 spiro atoms. The van der Waals surface area contributed by atoms with Crippen LogP contribution >= 0.6 is 0 Å². The molecule has 1 fully saturated rings. The Balaban J connectivity index is 1.80. The minimum absolute atomic E-state index is 0.273. The standard InChI is InChI=1S/C19H27NO/c1-12-8-7-10-17(13(12)2)20-15(4)19-14(3)16-9-5-6-11-18(16)21-19/h5-6,9,11-13,15,17,20H,7-8,10H2,1-4H3. The molecular weight excluding hydrogens is 258 g/mol. The molecule has 3 rings (SSSR count). The highest BCUT2D eigenvalue weighted by Gasteiger charge is 2.29. The summed E-state index contributed by atoms with van der Waals surface area (Å²) in [6.07, 6.45) is 4.00. The third-order valence-electron chi connectivity index (χ3n) is 5.44. The van der Waals surface area contributed by atoms with Gasteiger partial charge in [-0.05, 0) is 43.7 Å². The molecule has 1 aliphatic carbocycles. The number of fused-ring (bicyclic) bond motifs is 1. The summed E-state index contributed by atoms with van der Waals surface area (Å²) in [5.74, 6) is 2.66. The fourth-order valence-electron chi connectivity index (χ4n) is 3.82. The van der Waals surface area contributed by atoms with Crippen LogP contribution in [-0.2, 0) is 0 Å². The van der Waals surface area contributed by atoms with E-state index in [9.17, 15) is 0 Å². The lowest BCUT2D eigenvalue weighted by Crippen LogP contribution is -2.41. The van der Waals surface area contributed by atoms with Crippen molar-refractivity contribution in [1.82, 2.24) is 5.32 Å². The highest BCUT2D eigenvalue weighted by molar-refractivity contribution is 5.82. The smallest absolute Gasteiger partial charge is 0.134 e. The third-order valence-corrected chi connectivity index (χ3v) is 5.44. The van der Waals surface area contributed by atoms with Gasteiger partial charge in [-0.15, -0.1) is 0 Å².